The normalized spacial score (nSPS) is 15.0. The number of benzene rings is 2. The van der Waals surface area contributed by atoms with E-state index in [-0.39, 0.29) is 5.91 Å². The van der Waals surface area contributed by atoms with E-state index >= 15 is 0 Å². The Morgan fingerprint density at radius 3 is 2.60 bits per heavy atom. The fraction of sp³-hybridized carbons (Fsp3) is 0.300. The van der Waals surface area contributed by atoms with Crippen LogP contribution in [0.25, 0.3) is 11.0 Å². The summed E-state index contributed by atoms with van der Waals surface area (Å²) in [5.74, 6) is 0.962. The van der Waals surface area contributed by atoms with E-state index in [4.69, 9.17) is 0 Å². The van der Waals surface area contributed by atoms with E-state index in [0.717, 1.165) is 48.6 Å². The maximum absolute atomic E-state index is 12.8. The molecule has 1 saturated heterocycles. The van der Waals surface area contributed by atoms with Crippen LogP contribution in [0.15, 0.2) is 42.5 Å². The fourth-order valence-corrected chi connectivity index (χ4v) is 3.45. The number of nitrogens with zero attached hydrogens (tertiary/aromatic N) is 3. The first kappa shape index (κ1) is 15.7. The summed E-state index contributed by atoms with van der Waals surface area (Å²) in [7, 11) is 0. The molecule has 3 aromatic rings. The first-order chi connectivity index (χ1) is 12.1. The molecule has 0 radical (unpaired) electrons. The monoisotopic (exact) mass is 334 g/mol. The number of amides is 1. The lowest BCUT2D eigenvalue weighted by Crippen LogP contribution is -2.48. The summed E-state index contributed by atoms with van der Waals surface area (Å²) in [6.07, 6.45) is 0. The van der Waals surface area contributed by atoms with Gasteiger partial charge in [-0.05, 0) is 49.7 Å². The zero-order chi connectivity index (χ0) is 17.4. The molecule has 0 bridgehead atoms. The van der Waals surface area contributed by atoms with Crippen molar-refractivity contribution in [3.05, 3.63) is 59.4 Å². The van der Waals surface area contributed by atoms with Crippen molar-refractivity contribution in [3.63, 3.8) is 0 Å². The van der Waals surface area contributed by atoms with Crippen molar-refractivity contribution in [2.75, 3.05) is 31.1 Å². The van der Waals surface area contributed by atoms with Crippen LogP contribution in [0.3, 0.4) is 0 Å². The number of anilines is 1. The molecule has 1 aliphatic rings. The minimum absolute atomic E-state index is 0.0954. The van der Waals surface area contributed by atoms with Gasteiger partial charge in [0, 0.05) is 37.4 Å². The molecule has 128 valence electrons. The van der Waals surface area contributed by atoms with Gasteiger partial charge in [0.15, 0.2) is 0 Å². The highest BCUT2D eigenvalue weighted by Crippen LogP contribution is 2.20. The Kier molecular flexibility index (Phi) is 3.92. The van der Waals surface area contributed by atoms with Gasteiger partial charge in [-0.2, -0.15) is 0 Å². The molecule has 1 amide bonds. The summed E-state index contributed by atoms with van der Waals surface area (Å²) in [6, 6.07) is 14.2. The number of imidazole rings is 1. The molecule has 1 N–H and O–H groups in total. The van der Waals surface area contributed by atoms with Crippen LogP contribution in [-0.2, 0) is 0 Å². The molecule has 2 heterocycles. The van der Waals surface area contributed by atoms with Crippen molar-refractivity contribution in [2.45, 2.75) is 13.8 Å². The summed E-state index contributed by atoms with van der Waals surface area (Å²) in [5, 5.41) is 0. The molecule has 4 rings (SSSR count). The predicted octanol–water partition coefficient (Wildman–Crippen LogP) is 3.14. The van der Waals surface area contributed by atoms with E-state index in [1.54, 1.807) is 0 Å². The van der Waals surface area contributed by atoms with Gasteiger partial charge in [-0.15, -0.1) is 0 Å². The van der Waals surface area contributed by atoms with Crippen molar-refractivity contribution in [1.29, 1.82) is 0 Å². The molecule has 1 aromatic heterocycles. The van der Waals surface area contributed by atoms with Gasteiger partial charge in [0.25, 0.3) is 5.91 Å². The number of piperazine rings is 1. The zero-order valence-electron chi connectivity index (χ0n) is 14.6. The number of aromatic nitrogens is 2. The second-order valence-electron chi connectivity index (χ2n) is 6.67. The molecule has 0 saturated carbocycles. The van der Waals surface area contributed by atoms with E-state index in [0.29, 0.717) is 0 Å². The number of rotatable bonds is 2. The van der Waals surface area contributed by atoms with E-state index in [1.807, 2.05) is 30.0 Å². The maximum Gasteiger partial charge on any atom is 0.254 e. The van der Waals surface area contributed by atoms with E-state index in [2.05, 4.69) is 46.1 Å². The van der Waals surface area contributed by atoms with Crippen molar-refractivity contribution >= 4 is 22.6 Å². The molecule has 5 nitrogen and oxygen atoms in total. The van der Waals surface area contributed by atoms with Crippen LogP contribution in [0, 0.1) is 13.8 Å². The first-order valence-corrected chi connectivity index (χ1v) is 8.67. The summed E-state index contributed by atoms with van der Waals surface area (Å²) >= 11 is 0. The van der Waals surface area contributed by atoms with Crippen molar-refractivity contribution in [3.8, 4) is 0 Å². The zero-order valence-corrected chi connectivity index (χ0v) is 14.6. The van der Waals surface area contributed by atoms with Crippen molar-refractivity contribution in [2.24, 2.45) is 0 Å². The second kappa shape index (κ2) is 6.24. The Morgan fingerprint density at radius 1 is 1.04 bits per heavy atom. The number of aryl methyl sites for hydroxylation is 2. The highest BCUT2D eigenvalue weighted by Gasteiger charge is 2.22. The number of carbonyl (C=O) groups excluding carboxylic acids is 1. The number of H-pyrrole nitrogens is 1. The molecular formula is C20H22N4O. The second-order valence-corrected chi connectivity index (χ2v) is 6.67. The number of carbonyl (C=O) groups is 1. The topological polar surface area (TPSA) is 52.2 Å². The minimum Gasteiger partial charge on any atom is -0.368 e. The highest BCUT2D eigenvalue weighted by atomic mass is 16.2. The third-order valence-electron chi connectivity index (χ3n) is 4.78. The van der Waals surface area contributed by atoms with Crippen LogP contribution in [0.2, 0.25) is 0 Å². The molecule has 0 unspecified atom stereocenters. The number of hydrogen-bond donors (Lipinski definition) is 1. The molecule has 0 aliphatic carbocycles. The largest absolute Gasteiger partial charge is 0.368 e. The lowest BCUT2D eigenvalue weighted by atomic mass is 10.1. The third-order valence-corrected chi connectivity index (χ3v) is 4.78. The van der Waals surface area contributed by atoms with Gasteiger partial charge in [0.1, 0.15) is 5.82 Å². The number of fused-ring (bicyclic) bond motifs is 1. The van der Waals surface area contributed by atoms with E-state index < -0.39 is 0 Å². The summed E-state index contributed by atoms with van der Waals surface area (Å²) in [6.45, 7) is 7.24. The molecule has 5 heteroatoms. The fourth-order valence-electron chi connectivity index (χ4n) is 3.45. The summed E-state index contributed by atoms with van der Waals surface area (Å²) in [5.41, 5.74) is 5.04. The summed E-state index contributed by atoms with van der Waals surface area (Å²) < 4.78 is 0. The van der Waals surface area contributed by atoms with Crippen LogP contribution in [0.5, 0.6) is 0 Å². The standard InChI is InChI=1S/C20H22N4O/c1-14-4-3-5-17(12-14)23-8-10-24(11-9-23)20(25)16-6-7-18-19(13-16)22-15(2)21-18/h3-7,12-13H,8-11H2,1-2H3,(H,21,22). The Bertz CT molecular complexity index is 922. The van der Waals surface area contributed by atoms with Gasteiger partial charge in [-0.3, -0.25) is 4.79 Å². The maximum atomic E-state index is 12.8. The van der Waals surface area contributed by atoms with Crippen LogP contribution < -0.4 is 4.90 Å². The lowest BCUT2D eigenvalue weighted by molar-refractivity contribution is 0.0747. The molecule has 25 heavy (non-hydrogen) atoms. The average Bonchev–Trinajstić information content (AvgIpc) is 3.00. The van der Waals surface area contributed by atoms with Crippen LogP contribution in [0.1, 0.15) is 21.7 Å². The molecule has 1 fully saturated rings. The Balaban J connectivity index is 1.46. The van der Waals surface area contributed by atoms with Gasteiger partial charge in [0.05, 0.1) is 11.0 Å². The van der Waals surface area contributed by atoms with Gasteiger partial charge in [-0.1, -0.05) is 12.1 Å². The van der Waals surface area contributed by atoms with Crippen molar-refractivity contribution < 1.29 is 4.79 Å². The quantitative estimate of drug-likeness (QED) is 0.783. The number of hydrogen-bond acceptors (Lipinski definition) is 3. The number of aromatic amines is 1. The van der Waals surface area contributed by atoms with Crippen LogP contribution in [-0.4, -0.2) is 47.0 Å². The first-order valence-electron chi connectivity index (χ1n) is 8.67. The number of nitrogens with one attached hydrogen (secondary N) is 1. The molecule has 1 aliphatic heterocycles. The smallest absolute Gasteiger partial charge is 0.254 e. The Morgan fingerprint density at radius 2 is 1.84 bits per heavy atom. The minimum atomic E-state index is 0.0954. The van der Waals surface area contributed by atoms with E-state index in [1.165, 1.54) is 11.3 Å². The average molecular weight is 334 g/mol. The Hall–Kier alpha value is -2.82. The third kappa shape index (κ3) is 3.09. The lowest BCUT2D eigenvalue weighted by Gasteiger charge is -2.36. The molecular weight excluding hydrogens is 312 g/mol. The summed E-state index contributed by atoms with van der Waals surface area (Å²) in [4.78, 5) is 24.7. The molecule has 2 aromatic carbocycles. The van der Waals surface area contributed by atoms with Gasteiger partial charge < -0.3 is 14.8 Å². The van der Waals surface area contributed by atoms with Crippen LogP contribution >= 0.6 is 0 Å². The highest BCUT2D eigenvalue weighted by molar-refractivity contribution is 5.97. The van der Waals surface area contributed by atoms with Crippen LogP contribution in [0.4, 0.5) is 5.69 Å². The molecule has 0 spiro atoms. The Labute approximate surface area is 147 Å². The van der Waals surface area contributed by atoms with Crippen molar-refractivity contribution in [1.82, 2.24) is 14.9 Å². The van der Waals surface area contributed by atoms with Gasteiger partial charge >= 0.3 is 0 Å². The predicted molar refractivity (Wildman–Crippen MR) is 100 cm³/mol. The van der Waals surface area contributed by atoms with Gasteiger partial charge in [0.2, 0.25) is 0 Å². The van der Waals surface area contributed by atoms with E-state index in [9.17, 15) is 4.79 Å². The molecule has 0 atom stereocenters. The van der Waals surface area contributed by atoms with Gasteiger partial charge in [-0.25, -0.2) is 4.98 Å². The SMILES string of the molecule is Cc1cccc(N2CCN(C(=O)c3ccc4nc(C)[nH]c4c3)CC2)c1.